The van der Waals surface area contributed by atoms with Gasteiger partial charge in [0.1, 0.15) is 12.4 Å². The van der Waals surface area contributed by atoms with Crippen molar-refractivity contribution in [3.63, 3.8) is 0 Å². The van der Waals surface area contributed by atoms with E-state index in [1.165, 1.54) is 0 Å². The van der Waals surface area contributed by atoms with Gasteiger partial charge in [-0.3, -0.25) is 4.90 Å². The average Bonchev–Trinajstić information content (AvgIpc) is 2.93. The molecule has 0 spiro atoms. The van der Waals surface area contributed by atoms with Crippen molar-refractivity contribution in [2.45, 2.75) is 12.5 Å². The molecule has 5 nitrogen and oxygen atoms in total. The molecular formula is C14H19NO4. The molecule has 1 unspecified atom stereocenters. The summed E-state index contributed by atoms with van der Waals surface area (Å²) in [6.45, 7) is 2.95. The molecule has 0 amide bonds. The predicted octanol–water partition coefficient (Wildman–Crippen LogP) is 1.48. The first-order valence-corrected chi connectivity index (χ1v) is 6.41. The van der Waals surface area contributed by atoms with Crippen molar-refractivity contribution in [2.24, 2.45) is 0 Å². The van der Waals surface area contributed by atoms with Gasteiger partial charge in [-0.15, -0.1) is 0 Å². The van der Waals surface area contributed by atoms with E-state index in [1.807, 2.05) is 0 Å². The van der Waals surface area contributed by atoms with Crippen LogP contribution in [0.1, 0.15) is 16.8 Å². The number of carbonyl (C=O) groups is 1. The molecule has 1 heterocycles. The first-order chi connectivity index (χ1) is 9.16. The van der Waals surface area contributed by atoms with Crippen LogP contribution in [0.3, 0.4) is 0 Å². The van der Waals surface area contributed by atoms with Crippen LogP contribution < -0.4 is 4.74 Å². The molecular weight excluding hydrogens is 246 g/mol. The normalized spacial score (nSPS) is 18.7. The molecule has 1 aromatic carbocycles. The summed E-state index contributed by atoms with van der Waals surface area (Å²) >= 11 is 0. The Bertz CT molecular complexity index is 429. The highest BCUT2D eigenvalue weighted by Crippen LogP contribution is 2.14. The van der Waals surface area contributed by atoms with E-state index in [1.54, 1.807) is 24.3 Å². The average molecular weight is 265 g/mol. The Morgan fingerprint density at radius 1 is 1.58 bits per heavy atom. The zero-order chi connectivity index (χ0) is 13.7. The standard InChI is InChI=1S/C14H19NO4/c1-15(12-5-7-18-10-12)6-8-19-13-4-2-3-11(9-13)14(16)17/h2-4,9,12H,5-8,10H2,1H3,(H,16,17). The zero-order valence-electron chi connectivity index (χ0n) is 11.0. The Morgan fingerprint density at radius 3 is 3.11 bits per heavy atom. The summed E-state index contributed by atoms with van der Waals surface area (Å²) in [7, 11) is 2.05. The molecule has 0 aliphatic carbocycles. The molecule has 19 heavy (non-hydrogen) atoms. The van der Waals surface area contributed by atoms with Gasteiger partial charge in [0.2, 0.25) is 0 Å². The number of benzene rings is 1. The molecule has 1 saturated heterocycles. The molecule has 0 radical (unpaired) electrons. The maximum absolute atomic E-state index is 10.8. The number of nitrogens with zero attached hydrogens (tertiary/aromatic N) is 1. The van der Waals surface area contributed by atoms with Gasteiger partial charge in [0.25, 0.3) is 0 Å². The van der Waals surface area contributed by atoms with E-state index in [2.05, 4.69) is 11.9 Å². The zero-order valence-corrected chi connectivity index (χ0v) is 11.0. The minimum atomic E-state index is -0.939. The third-order valence-electron chi connectivity index (χ3n) is 3.32. The fourth-order valence-electron chi connectivity index (χ4n) is 2.08. The number of likely N-dealkylation sites (N-methyl/N-ethyl adjacent to an activating group) is 1. The quantitative estimate of drug-likeness (QED) is 0.844. The van der Waals surface area contributed by atoms with Crippen molar-refractivity contribution < 1.29 is 19.4 Å². The Morgan fingerprint density at radius 2 is 2.42 bits per heavy atom. The maximum atomic E-state index is 10.8. The smallest absolute Gasteiger partial charge is 0.335 e. The van der Waals surface area contributed by atoms with Crippen molar-refractivity contribution in [2.75, 3.05) is 33.4 Å². The van der Waals surface area contributed by atoms with Crippen molar-refractivity contribution in [3.05, 3.63) is 29.8 Å². The van der Waals surface area contributed by atoms with Gasteiger partial charge in [-0.2, -0.15) is 0 Å². The third kappa shape index (κ3) is 3.94. The van der Waals surface area contributed by atoms with Crippen molar-refractivity contribution >= 4 is 5.97 Å². The monoisotopic (exact) mass is 265 g/mol. The number of carboxylic acid groups (broad SMARTS) is 1. The van der Waals surface area contributed by atoms with Crippen LogP contribution in [0, 0.1) is 0 Å². The topological polar surface area (TPSA) is 59.0 Å². The molecule has 1 aliphatic heterocycles. The summed E-state index contributed by atoms with van der Waals surface area (Å²) in [6, 6.07) is 7.02. The molecule has 0 aromatic heterocycles. The van der Waals surface area contributed by atoms with Gasteiger partial charge in [0, 0.05) is 19.2 Å². The molecule has 5 heteroatoms. The van der Waals surface area contributed by atoms with Crippen LogP contribution in [0.4, 0.5) is 0 Å². The van der Waals surface area contributed by atoms with Crippen molar-refractivity contribution in [1.29, 1.82) is 0 Å². The molecule has 0 saturated carbocycles. The highest BCUT2D eigenvalue weighted by atomic mass is 16.5. The SMILES string of the molecule is CN(CCOc1cccc(C(=O)O)c1)C1CCOC1. The highest BCUT2D eigenvalue weighted by molar-refractivity contribution is 5.87. The number of aromatic carboxylic acids is 1. The van der Waals surface area contributed by atoms with Gasteiger partial charge in [-0.25, -0.2) is 4.79 Å². The van der Waals surface area contributed by atoms with Gasteiger partial charge in [0.15, 0.2) is 0 Å². The number of ether oxygens (including phenoxy) is 2. The minimum absolute atomic E-state index is 0.245. The van der Waals surface area contributed by atoms with E-state index >= 15 is 0 Å². The first kappa shape index (κ1) is 13.8. The summed E-state index contributed by atoms with van der Waals surface area (Å²) in [5.74, 6) is -0.346. The number of rotatable bonds is 6. The molecule has 2 rings (SSSR count). The fraction of sp³-hybridized carbons (Fsp3) is 0.500. The van der Waals surface area contributed by atoms with E-state index in [9.17, 15) is 4.79 Å². The summed E-state index contributed by atoms with van der Waals surface area (Å²) in [5, 5.41) is 8.89. The Hall–Kier alpha value is -1.59. The Balaban J connectivity index is 1.78. The summed E-state index contributed by atoms with van der Waals surface area (Å²) in [6.07, 6.45) is 1.06. The molecule has 1 fully saturated rings. The second kappa shape index (κ2) is 6.54. The van der Waals surface area contributed by atoms with Crippen LogP contribution in [0.25, 0.3) is 0 Å². The lowest BCUT2D eigenvalue weighted by atomic mass is 10.2. The summed E-state index contributed by atoms with van der Waals surface area (Å²) < 4.78 is 10.9. The van der Waals surface area contributed by atoms with Crippen LogP contribution in [0.15, 0.2) is 24.3 Å². The van der Waals surface area contributed by atoms with Gasteiger partial charge in [-0.1, -0.05) is 6.07 Å². The second-order valence-corrected chi connectivity index (χ2v) is 4.68. The van der Waals surface area contributed by atoms with E-state index in [0.29, 0.717) is 18.4 Å². The van der Waals surface area contributed by atoms with Crippen LogP contribution in [-0.2, 0) is 4.74 Å². The van der Waals surface area contributed by atoms with E-state index < -0.39 is 5.97 Å². The lowest BCUT2D eigenvalue weighted by Gasteiger charge is -2.22. The molecule has 1 aliphatic rings. The molecule has 1 N–H and O–H groups in total. The first-order valence-electron chi connectivity index (χ1n) is 6.41. The number of hydrogen-bond acceptors (Lipinski definition) is 4. The molecule has 0 bridgehead atoms. The molecule has 1 atom stereocenters. The molecule has 104 valence electrons. The predicted molar refractivity (Wildman–Crippen MR) is 70.8 cm³/mol. The van der Waals surface area contributed by atoms with Gasteiger partial charge in [-0.05, 0) is 31.7 Å². The van der Waals surface area contributed by atoms with Crippen LogP contribution in [-0.4, -0.2) is 55.4 Å². The van der Waals surface area contributed by atoms with Gasteiger partial charge in [0.05, 0.1) is 12.2 Å². The Kier molecular flexibility index (Phi) is 4.76. The van der Waals surface area contributed by atoms with Crippen molar-refractivity contribution in [1.82, 2.24) is 4.90 Å². The van der Waals surface area contributed by atoms with Crippen molar-refractivity contribution in [3.8, 4) is 5.75 Å². The fourth-order valence-corrected chi connectivity index (χ4v) is 2.08. The third-order valence-corrected chi connectivity index (χ3v) is 3.32. The minimum Gasteiger partial charge on any atom is -0.492 e. The maximum Gasteiger partial charge on any atom is 0.335 e. The van der Waals surface area contributed by atoms with E-state index in [0.717, 1.165) is 26.2 Å². The summed E-state index contributed by atoms with van der Waals surface area (Å²) in [4.78, 5) is 13.0. The highest BCUT2D eigenvalue weighted by Gasteiger charge is 2.19. The Labute approximate surface area is 112 Å². The van der Waals surface area contributed by atoms with Gasteiger partial charge < -0.3 is 14.6 Å². The van der Waals surface area contributed by atoms with E-state index in [4.69, 9.17) is 14.6 Å². The number of carboxylic acids is 1. The second-order valence-electron chi connectivity index (χ2n) is 4.68. The van der Waals surface area contributed by atoms with Crippen LogP contribution in [0.5, 0.6) is 5.75 Å². The largest absolute Gasteiger partial charge is 0.492 e. The van der Waals surface area contributed by atoms with Crippen LogP contribution in [0.2, 0.25) is 0 Å². The van der Waals surface area contributed by atoms with Crippen LogP contribution >= 0.6 is 0 Å². The van der Waals surface area contributed by atoms with Gasteiger partial charge >= 0.3 is 5.97 Å². The lowest BCUT2D eigenvalue weighted by molar-refractivity contribution is 0.0696. The molecule has 1 aromatic rings. The lowest BCUT2D eigenvalue weighted by Crippen LogP contribution is -2.35. The number of hydrogen-bond donors (Lipinski definition) is 1. The summed E-state index contributed by atoms with van der Waals surface area (Å²) in [5.41, 5.74) is 0.245. The van der Waals surface area contributed by atoms with E-state index in [-0.39, 0.29) is 5.56 Å².